The number of aryl methyl sites for hydroxylation is 1. The van der Waals surface area contributed by atoms with Crippen LogP contribution in [0.1, 0.15) is 28.8 Å². The van der Waals surface area contributed by atoms with Crippen molar-refractivity contribution in [2.45, 2.75) is 31.6 Å². The minimum atomic E-state index is -0.418. The molecule has 0 amide bonds. The summed E-state index contributed by atoms with van der Waals surface area (Å²) in [6.45, 7) is 3.62. The van der Waals surface area contributed by atoms with Crippen molar-refractivity contribution in [1.82, 2.24) is 4.98 Å². The molecule has 0 spiro atoms. The maximum atomic E-state index is 13.5. The zero-order valence-corrected chi connectivity index (χ0v) is 15.4. The zero-order valence-electron chi connectivity index (χ0n) is 14.6. The summed E-state index contributed by atoms with van der Waals surface area (Å²) in [5, 5.41) is 9.06. The number of nitriles is 1. The van der Waals surface area contributed by atoms with Crippen LogP contribution in [0.25, 0.3) is 0 Å². The largest absolute Gasteiger partial charge is 0.465 e. The number of hydrogen-bond acceptors (Lipinski definition) is 5. The summed E-state index contributed by atoms with van der Waals surface area (Å²) >= 11 is 1.29. The van der Waals surface area contributed by atoms with Crippen molar-refractivity contribution in [3.8, 4) is 6.07 Å². The van der Waals surface area contributed by atoms with Crippen LogP contribution < -0.4 is 5.56 Å². The number of ether oxygens (including phenoxy) is 1. The monoisotopic (exact) mass is 374 g/mol. The van der Waals surface area contributed by atoms with E-state index in [1.54, 1.807) is 32.0 Å². The van der Waals surface area contributed by atoms with Crippen molar-refractivity contribution in [1.29, 1.82) is 5.26 Å². The van der Waals surface area contributed by atoms with Gasteiger partial charge >= 0.3 is 5.97 Å². The molecular weight excluding hydrogens is 355 g/mol. The van der Waals surface area contributed by atoms with E-state index in [-0.39, 0.29) is 30.4 Å². The standard InChI is InChI=1S/C19H19FN2O3S/c1-12-14(13(2)22-19(24)15(12)11-21)7-8-18(23)25-9-10-26-17-6-4-3-5-16(17)20/h3-6H,7-10H2,1-2H3,(H,22,24). The normalized spacial score (nSPS) is 10.4. The van der Waals surface area contributed by atoms with E-state index in [0.717, 1.165) is 5.56 Å². The Morgan fingerprint density at radius 1 is 1.35 bits per heavy atom. The van der Waals surface area contributed by atoms with Crippen LogP contribution in [0.4, 0.5) is 4.39 Å². The molecule has 136 valence electrons. The molecular formula is C19H19FN2O3S. The molecule has 1 heterocycles. The summed E-state index contributed by atoms with van der Waals surface area (Å²) in [6, 6.07) is 8.33. The van der Waals surface area contributed by atoms with Gasteiger partial charge in [-0.25, -0.2) is 4.39 Å². The van der Waals surface area contributed by atoms with Crippen molar-refractivity contribution in [2.75, 3.05) is 12.4 Å². The van der Waals surface area contributed by atoms with Gasteiger partial charge in [0, 0.05) is 22.8 Å². The van der Waals surface area contributed by atoms with Crippen LogP contribution in [0.2, 0.25) is 0 Å². The molecule has 0 saturated carbocycles. The molecule has 7 heteroatoms. The van der Waals surface area contributed by atoms with Crippen molar-refractivity contribution >= 4 is 17.7 Å². The molecule has 5 nitrogen and oxygen atoms in total. The minimum Gasteiger partial charge on any atom is -0.465 e. The first-order chi connectivity index (χ1) is 12.4. The Bertz CT molecular complexity index is 903. The van der Waals surface area contributed by atoms with Gasteiger partial charge < -0.3 is 9.72 Å². The Morgan fingerprint density at radius 2 is 2.08 bits per heavy atom. The summed E-state index contributed by atoms with van der Waals surface area (Å²) in [5.74, 6) is -0.203. The number of nitrogens with one attached hydrogen (secondary N) is 1. The third kappa shape index (κ3) is 4.96. The fourth-order valence-electron chi connectivity index (χ4n) is 2.59. The fraction of sp³-hybridized carbons (Fsp3) is 0.316. The van der Waals surface area contributed by atoms with Crippen molar-refractivity contribution in [3.05, 3.63) is 62.8 Å². The predicted molar refractivity (Wildman–Crippen MR) is 97.7 cm³/mol. The molecule has 1 aromatic heterocycles. The van der Waals surface area contributed by atoms with E-state index in [9.17, 15) is 14.0 Å². The number of thioether (sulfide) groups is 1. The Morgan fingerprint density at radius 3 is 2.77 bits per heavy atom. The second kappa shape index (κ2) is 9.20. The molecule has 1 N–H and O–H groups in total. The molecule has 1 aromatic carbocycles. The number of carbonyl (C=O) groups is 1. The lowest BCUT2D eigenvalue weighted by atomic mass is 9.99. The van der Waals surface area contributed by atoms with E-state index in [1.807, 2.05) is 6.07 Å². The van der Waals surface area contributed by atoms with Gasteiger partial charge in [-0.3, -0.25) is 9.59 Å². The number of rotatable bonds is 7. The molecule has 0 saturated heterocycles. The lowest BCUT2D eigenvalue weighted by Crippen LogP contribution is -2.17. The number of benzene rings is 1. The molecule has 0 atom stereocenters. The van der Waals surface area contributed by atoms with Crippen LogP contribution in [0, 0.1) is 31.0 Å². The molecule has 0 bridgehead atoms. The summed E-state index contributed by atoms with van der Waals surface area (Å²) in [4.78, 5) is 26.7. The third-order valence-corrected chi connectivity index (χ3v) is 4.95. The first-order valence-corrected chi connectivity index (χ1v) is 9.08. The van der Waals surface area contributed by atoms with Crippen molar-refractivity contribution in [2.24, 2.45) is 0 Å². The van der Waals surface area contributed by atoms with E-state index >= 15 is 0 Å². The Kier molecular flexibility index (Phi) is 6.98. The van der Waals surface area contributed by atoms with E-state index in [2.05, 4.69) is 4.98 Å². The van der Waals surface area contributed by atoms with Crippen molar-refractivity contribution < 1.29 is 13.9 Å². The number of halogens is 1. The summed E-state index contributed by atoms with van der Waals surface area (Å²) in [6.07, 6.45) is 0.519. The first-order valence-electron chi connectivity index (χ1n) is 8.09. The predicted octanol–water partition coefficient (Wildman–Crippen LogP) is 3.27. The number of nitrogens with zero attached hydrogens (tertiary/aromatic N) is 1. The van der Waals surface area contributed by atoms with Gasteiger partial charge in [0.15, 0.2) is 0 Å². The number of esters is 1. The number of aromatic nitrogens is 1. The number of carbonyl (C=O) groups excluding carboxylic acids is 1. The van der Waals surface area contributed by atoms with Gasteiger partial charge in [0.2, 0.25) is 0 Å². The lowest BCUT2D eigenvalue weighted by molar-refractivity contribution is -0.142. The number of aromatic amines is 1. The van der Waals surface area contributed by atoms with Gasteiger partial charge in [0.1, 0.15) is 24.1 Å². The van der Waals surface area contributed by atoms with E-state index in [1.165, 1.54) is 17.8 Å². The van der Waals surface area contributed by atoms with Crippen LogP contribution in [0.5, 0.6) is 0 Å². The fourth-order valence-corrected chi connectivity index (χ4v) is 3.36. The topological polar surface area (TPSA) is 83.0 Å². The van der Waals surface area contributed by atoms with Gasteiger partial charge in [-0.2, -0.15) is 5.26 Å². The second-order valence-corrected chi connectivity index (χ2v) is 6.81. The Hall–Kier alpha value is -2.59. The smallest absolute Gasteiger partial charge is 0.306 e. The number of pyridine rings is 1. The highest BCUT2D eigenvalue weighted by Crippen LogP contribution is 2.21. The molecule has 0 radical (unpaired) electrons. The quantitative estimate of drug-likeness (QED) is 0.457. The average Bonchev–Trinajstić information content (AvgIpc) is 2.60. The molecule has 0 fully saturated rings. The minimum absolute atomic E-state index is 0.0697. The maximum absolute atomic E-state index is 13.5. The highest BCUT2D eigenvalue weighted by Gasteiger charge is 2.14. The van der Waals surface area contributed by atoms with Crippen LogP contribution >= 0.6 is 11.8 Å². The highest BCUT2D eigenvalue weighted by atomic mass is 32.2. The Labute approximate surface area is 155 Å². The first kappa shape index (κ1) is 19.7. The van der Waals surface area contributed by atoms with Gasteiger partial charge in [-0.15, -0.1) is 11.8 Å². The summed E-state index contributed by atoms with van der Waals surface area (Å²) < 4.78 is 18.6. The van der Waals surface area contributed by atoms with E-state index < -0.39 is 5.56 Å². The number of hydrogen-bond donors (Lipinski definition) is 1. The van der Waals surface area contributed by atoms with Gasteiger partial charge in [-0.05, 0) is 43.5 Å². The van der Waals surface area contributed by atoms with E-state index in [4.69, 9.17) is 10.00 Å². The molecule has 0 aliphatic heterocycles. The lowest BCUT2D eigenvalue weighted by Gasteiger charge is -2.10. The maximum Gasteiger partial charge on any atom is 0.306 e. The SMILES string of the molecule is Cc1[nH]c(=O)c(C#N)c(C)c1CCC(=O)OCCSc1ccccc1F. The highest BCUT2D eigenvalue weighted by molar-refractivity contribution is 7.99. The van der Waals surface area contributed by atoms with Crippen LogP contribution in [0.15, 0.2) is 34.0 Å². The third-order valence-electron chi connectivity index (χ3n) is 3.94. The van der Waals surface area contributed by atoms with Crippen LogP contribution in [0.3, 0.4) is 0 Å². The second-order valence-electron chi connectivity index (χ2n) is 5.67. The molecule has 2 rings (SSSR count). The summed E-state index contributed by atoms with van der Waals surface area (Å²) in [5.41, 5.74) is 1.67. The van der Waals surface area contributed by atoms with Gasteiger partial charge in [0.05, 0.1) is 0 Å². The van der Waals surface area contributed by atoms with Gasteiger partial charge in [-0.1, -0.05) is 12.1 Å². The summed E-state index contributed by atoms with van der Waals surface area (Å²) in [7, 11) is 0. The van der Waals surface area contributed by atoms with Gasteiger partial charge in [0.25, 0.3) is 5.56 Å². The molecule has 0 aliphatic rings. The Balaban J connectivity index is 1.83. The number of H-pyrrole nitrogens is 1. The van der Waals surface area contributed by atoms with Crippen LogP contribution in [-0.2, 0) is 16.0 Å². The molecule has 0 aliphatic carbocycles. The molecule has 0 unspecified atom stereocenters. The average molecular weight is 374 g/mol. The zero-order chi connectivity index (χ0) is 19.1. The molecule has 2 aromatic rings. The van der Waals surface area contributed by atoms with Crippen molar-refractivity contribution in [3.63, 3.8) is 0 Å². The molecule has 26 heavy (non-hydrogen) atoms. The van der Waals surface area contributed by atoms with E-state index in [0.29, 0.717) is 28.3 Å². The van der Waals surface area contributed by atoms with Crippen LogP contribution in [-0.4, -0.2) is 23.3 Å².